The highest BCUT2D eigenvalue weighted by Gasteiger charge is 2.48. The molecule has 2 fully saturated rings. The minimum atomic E-state index is -0.606. The molecule has 1 N–H and O–H groups in total. The van der Waals surface area contributed by atoms with Crippen molar-refractivity contribution >= 4 is 17.7 Å². The summed E-state index contributed by atoms with van der Waals surface area (Å²) in [4.78, 5) is 14.4. The van der Waals surface area contributed by atoms with Gasteiger partial charge in [0.15, 0.2) is 0 Å². The van der Waals surface area contributed by atoms with Crippen molar-refractivity contribution in [1.82, 2.24) is 4.90 Å². The highest BCUT2D eigenvalue weighted by molar-refractivity contribution is 6.30. The summed E-state index contributed by atoms with van der Waals surface area (Å²) in [6.45, 7) is 9.04. The summed E-state index contributed by atoms with van der Waals surface area (Å²) in [6.07, 6.45) is 4.08. The van der Waals surface area contributed by atoms with Gasteiger partial charge in [0.25, 0.3) is 0 Å². The number of rotatable bonds is 2. The van der Waals surface area contributed by atoms with Gasteiger partial charge in [-0.15, -0.1) is 0 Å². The average Bonchev–Trinajstić information content (AvgIpc) is 3.04. The van der Waals surface area contributed by atoms with Crippen molar-refractivity contribution in [3.63, 3.8) is 0 Å². The van der Waals surface area contributed by atoms with Crippen LogP contribution in [0.4, 0.5) is 4.79 Å². The summed E-state index contributed by atoms with van der Waals surface area (Å²) >= 11 is 6.31. The van der Waals surface area contributed by atoms with Crippen molar-refractivity contribution in [2.24, 2.45) is 5.92 Å². The normalized spacial score (nSPS) is 31.8. The summed E-state index contributed by atoms with van der Waals surface area (Å²) in [7, 11) is 0. The van der Waals surface area contributed by atoms with E-state index in [4.69, 9.17) is 16.3 Å². The molecule has 0 aromatic heterocycles. The molecule has 3 rings (SSSR count). The summed E-state index contributed by atoms with van der Waals surface area (Å²) in [5.74, 6) is 0.347. The van der Waals surface area contributed by atoms with Crippen LogP contribution in [0.1, 0.15) is 65.4 Å². The number of hydrogen-bond acceptors (Lipinski definition) is 3. The zero-order chi connectivity index (χ0) is 19.9. The first-order valence-electron chi connectivity index (χ1n) is 9.97. The third-order valence-electron chi connectivity index (χ3n) is 6.24. The second-order valence-electron chi connectivity index (χ2n) is 9.58. The van der Waals surface area contributed by atoms with E-state index in [-0.39, 0.29) is 11.5 Å². The van der Waals surface area contributed by atoms with Crippen molar-refractivity contribution in [1.29, 1.82) is 0 Å². The molecule has 1 aliphatic carbocycles. The molecule has 0 spiro atoms. The van der Waals surface area contributed by atoms with Crippen LogP contribution in [-0.4, -0.2) is 40.4 Å². The Kier molecular flexibility index (Phi) is 5.53. The number of carbonyl (C=O) groups excluding carboxylic acids is 1. The Hall–Kier alpha value is -1.26. The van der Waals surface area contributed by atoms with Crippen LogP contribution in [0.3, 0.4) is 0 Å². The van der Waals surface area contributed by atoms with Crippen LogP contribution in [-0.2, 0) is 10.2 Å². The highest BCUT2D eigenvalue weighted by atomic mass is 35.5. The minimum Gasteiger partial charge on any atom is -0.444 e. The molecule has 1 aliphatic heterocycles. The monoisotopic (exact) mass is 393 g/mol. The molecule has 150 valence electrons. The number of halogens is 1. The SMILES string of the molecule is CC(C)(C)OC(=O)N1CC[C@@H]([C@]2(c3cccc(Cl)c3)CC[C@@](C)(O)CC2)C1. The van der Waals surface area contributed by atoms with Crippen LogP contribution >= 0.6 is 11.6 Å². The number of likely N-dealkylation sites (tertiary alicyclic amines) is 1. The summed E-state index contributed by atoms with van der Waals surface area (Å²) in [5, 5.41) is 11.3. The lowest BCUT2D eigenvalue weighted by Crippen LogP contribution is -2.45. The second-order valence-corrected chi connectivity index (χ2v) is 10.0. The molecule has 0 unspecified atom stereocenters. The van der Waals surface area contributed by atoms with E-state index >= 15 is 0 Å². The lowest BCUT2D eigenvalue weighted by Gasteiger charge is -2.47. The summed E-state index contributed by atoms with van der Waals surface area (Å²) < 4.78 is 5.57. The molecule has 1 aromatic carbocycles. The quantitative estimate of drug-likeness (QED) is 0.754. The van der Waals surface area contributed by atoms with E-state index in [1.165, 1.54) is 5.56 Å². The molecule has 1 aromatic rings. The fourth-order valence-electron chi connectivity index (χ4n) is 4.67. The van der Waals surface area contributed by atoms with Gasteiger partial charge in [0.1, 0.15) is 5.60 Å². The maximum Gasteiger partial charge on any atom is 0.410 e. The van der Waals surface area contributed by atoms with Gasteiger partial charge in [-0.3, -0.25) is 0 Å². The second kappa shape index (κ2) is 7.29. The summed E-state index contributed by atoms with van der Waals surface area (Å²) in [6, 6.07) is 8.13. The topological polar surface area (TPSA) is 49.8 Å². The predicted octanol–water partition coefficient (Wildman–Crippen LogP) is 5.16. The number of benzene rings is 1. The average molecular weight is 394 g/mol. The summed E-state index contributed by atoms with van der Waals surface area (Å²) in [5.41, 5.74) is 0.0974. The van der Waals surface area contributed by atoms with E-state index < -0.39 is 11.2 Å². The molecular formula is C22H32ClNO3. The van der Waals surface area contributed by atoms with Gasteiger partial charge in [0, 0.05) is 23.5 Å². The number of nitrogens with zero attached hydrogens (tertiary/aromatic N) is 1. The molecule has 1 saturated heterocycles. The molecule has 0 bridgehead atoms. The van der Waals surface area contributed by atoms with E-state index in [1.807, 2.05) is 44.7 Å². The molecular weight excluding hydrogens is 362 g/mol. The van der Waals surface area contributed by atoms with Gasteiger partial charge in [-0.1, -0.05) is 23.7 Å². The molecule has 1 saturated carbocycles. The lowest BCUT2D eigenvalue weighted by atomic mass is 9.59. The van der Waals surface area contributed by atoms with E-state index in [2.05, 4.69) is 12.1 Å². The van der Waals surface area contributed by atoms with Crippen molar-refractivity contribution in [3.05, 3.63) is 34.9 Å². The van der Waals surface area contributed by atoms with E-state index in [9.17, 15) is 9.90 Å². The zero-order valence-corrected chi connectivity index (χ0v) is 17.7. The first-order valence-corrected chi connectivity index (χ1v) is 10.3. The van der Waals surface area contributed by atoms with Crippen molar-refractivity contribution < 1.29 is 14.6 Å². The molecule has 1 atom stereocenters. The standard InChI is InChI=1S/C22H32ClNO3/c1-20(2,3)27-19(25)24-13-8-17(15-24)22(11-9-21(4,26)10-12-22)16-6-5-7-18(23)14-16/h5-7,14,17,26H,8-13,15H2,1-4H3/t17-,21-,22-/m1/s1. The molecule has 1 amide bonds. The lowest BCUT2D eigenvalue weighted by molar-refractivity contribution is -0.0125. The highest BCUT2D eigenvalue weighted by Crippen LogP contribution is 2.50. The number of amides is 1. The third-order valence-corrected chi connectivity index (χ3v) is 6.48. The molecule has 0 radical (unpaired) electrons. The molecule has 1 heterocycles. The van der Waals surface area contributed by atoms with Gasteiger partial charge in [-0.25, -0.2) is 4.79 Å². The molecule has 2 aliphatic rings. The number of aliphatic hydroxyl groups is 1. The van der Waals surface area contributed by atoms with Gasteiger partial charge in [0.2, 0.25) is 0 Å². The Balaban J connectivity index is 1.84. The number of ether oxygens (including phenoxy) is 1. The van der Waals surface area contributed by atoms with Crippen LogP contribution in [0, 0.1) is 5.92 Å². The van der Waals surface area contributed by atoms with Crippen LogP contribution in [0.15, 0.2) is 24.3 Å². The minimum absolute atomic E-state index is 0.0517. The van der Waals surface area contributed by atoms with Crippen molar-refractivity contribution in [3.8, 4) is 0 Å². The Labute approximate surface area is 167 Å². The predicted molar refractivity (Wildman–Crippen MR) is 108 cm³/mol. The van der Waals surface area contributed by atoms with Crippen LogP contribution in [0.5, 0.6) is 0 Å². The van der Waals surface area contributed by atoms with Crippen LogP contribution in [0.25, 0.3) is 0 Å². The van der Waals surface area contributed by atoms with Crippen molar-refractivity contribution in [2.45, 2.75) is 76.4 Å². The molecule has 27 heavy (non-hydrogen) atoms. The Morgan fingerprint density at radius 1 is 1.26 bits per heavy atom. The fourth-order valence-corrected chi connectivity index (χ4v) is 4.86. The smallest absolute Gasteiger partial charge is 0.410 e. The first kappa shape index (κ1) is 20.5. The maximum absolute atomic E-state index is 12.5. The number of carbonyl (C=O) groups is 1. The molecule has 4 nitrogen and oxygen atoms in total. The van der Waals surface area contributed by atoms with Crippen molar-refractivity contribution in [2.75, 3.05) is 13.1 Å². The van der Waals surface area contributed by atoms with Gasteiger partial charge >= 0.3 is 6.09 Å². The number of hydrogen-bond donors (Lipinski definition) is 1. The Bertz CT molecular complexity index is 685. The van der Waals surface area contributed by atoms with Gasteiger partial charge < -0.3 is 14.7 Å². The Morgan fingerprint density at radius 3 is 2.52 bits per heavy atom. The van der Waals surface area contributed by atoms with Gasteiger partial charge in [-0.2, -0.15) is 0 Å². The van der Waals surface area contributed by atoms with Gasteiger partial charge in [0.05, 0.1) is 5.60 Å². The Morgan fingerprint density at radius 2 is 1.93 bits per heavy atom. The maximum atomic E-state index is 12.5. The fraction of sp³-hybridized carbons (Fsp3) is 0.682. The third kappa shape index (κ3) is 4.60. The van der Waals surface area contributed by atoms with Crippen LogP contribution < -0.4 is 0 Å². The molecule has 5 heteroatoms. The van der Waals surface area contributed by atoms with Crippen LogP contribution in [0.2, 0.25) is 5.02 Å². The van der Waals surface area contributed by atoms with E-state index in [1.54, 1.807) is 0 Å². The van der Waals surface area contributed by atoms with Gasteiger partial charge in [-0.05, 0) is 83.4 Å². The zero-order valence-electron chi connectivity index (χ0n) is 16.9. The first-order chi connectivity index (χ1) is 12.5. The van der Waals surface area contributed by atoms with E-state index in [0.29, 0.717) is 12.5 Å². The largest absolute Gasteiger partial charge is 0.444 e. The van der Waals surface area contributed by atoms with E-state index in [0.717, 1.165) is 43.7 Å².